The molecule has 0 aliphatic carbocycles. The highest BCUT2D eigenvalue weighted by molar-refractivity contribution is 5.77. The van der Waals surface area contributed by atoms with E-state index in [-0.39, 0.29) is 24.2 Å². The summed E-state index contributed by atoms with van der Waals surface area (Å²) in [5.74, 6) is 0.0216. The third-order valence-corrected chi connectivity index (χ3v) is 2.67. The van der Waals surface area contributed by atoms with E-state index in [2.05, 4.69) is 0 Å². The number of ether oxygens (including phenoxy) is 2. The molecule has 5 nitrogen and oxygen atoms in total. The summed E-state index contributed by atoms with van der Waals surface area (Å²) < 4.78 is 11.0. The number of hydrogen-bond acceptors (Lipinski definition) is 4. The number of carbonyl (C=O) groups is 1. The summed E-state index contributed by atoms with van der Waals surface area (Å²) in [6.45, 7) is 8.34. The third-order valence-electron chi connectivity index (χ3n) is 2.67. The van der Waals surface area contributed by atoms with Crippen LogP contribution in [-0.4, -0.2) is 55.4 Å². The smallest absolute Gasteiger partial charge is 0.248 e. The molecule has 1 saturated heterocycles. The maximum Gasteiger partial charge on any atom is 0.248 e. The van der Waals surface area contributed by atoms with E-state index in [4.69, 9.17) is 15.2 Å². The van der Waals surface area contributed by atoms with Crippen LogP contribution in [0.2, 0.25) is 0 Å². The van der Waals surface area contributed by atoms with Gasteiger partial charge in [0.25, 0.3) is 0 Å². The summed E-state index contributed by atoms with van der Waals surface area (Å²) in [5, 5.41) is 0. The monoisotopic (exact) mass is 244 g/mol. The quantitative estimate of drug-likeness (QED) is 0.710. The van der Waals surface area contributed by atoms with Crippen molar-refractivity contribution in [2.24, 2.45) is 5.73 Å². The van der Waals surface area contributed by atoms with Crippen molar-refractivity contribution >= 4 is 5.91 Å². The Hall–Kier alpha value is -0.650. The highest BCUT2D eigenvalue weighted by Crippen LogP contribution is 2.20. The molecule has 1 aliphatic rings. The lowest BCUT2D eigenvalue weighted by Gasteiger charge is -2.42. The molecule has 1 aliphatic heterocycles. The van der Waals surface area contributed by atoms with Crippen LogP contribution in [0.5, 0.6) is 0 Å². The van der Waals surface area contributed by atoms with Gasteiger partial charge in [0.1, 0.15) is 6.61 Å². The zero-order chi connectivity index (χ0) is 12.9. The fraction of sp³-hybridized carbons (Fsp3) is 0.917. The minimum atomic E-state index is -0.331. The number of nitrogens with zero attached hydrogens (tertiary/aromatic N) is 1. The first kappa shape index (κ1) is 14.4. The van der Waals surface area contributed by atoms with Crippen LogP contribution in [0.25, 0.3) is 0 Å². The third kappa shape index (κ3) is 4.61. The van der Waals surface area contributed by atoms with Gasteiger partial charge < -0.3 is 20.1 Å². The average Bonchev–Trinajstić information content (AvgIpc) is 2.27. The maximum absolute atomic E-state index is 11.9. The van der Waals surface area contributed by atoms with Crippen LogP contribution in [-0.2, 0) is 14.3 Å². The van der Waals surface area contributed by atoms with Gasteiger partial charge in [0.2, 0.25) is 5.91 Å². The van der Waals surface area contributed by atoms with Crippen molar-refractivity contribution in [1.82, 2.24) is 4.90 Å². The van der Waals surface area contributed by atoms with E-state index in [0.717, 1.165) is 6.42 Å². The molecule has 0 bridgehead atoms. The molecular formula is C12H24N2O3. The molecule has 5 heteroatoms. The normalized spacial score (nSPS) is 23.8. The molecule has 0 aromatic carbocycles. The van der Waals surface area contributed by atoms with Gasteiger partial charge in [0.05, 0.1) is 11.7 Å². The van der Waals surface area contributed by atoms with Crippen molar-refractivity contribution in [3.8, 4) is 0 Å². The first-order chi connectivity index (χ1) is 7.98. The minimum Gasteiger partial charge on any atom is -0.372 e. The number of amides is 1. The van der Waals surface area contributed by atoms with Crippen molar-refractivity contribution in [1.29, 1.82) is 0 Å². The van der Waals surface area contributed by atoms with E-state index < -0.39 is 0 Å². The number of rotatable bonds is 5. The summed E-state index contributed by atoms with van der Waals surface area (Å²) in [4.78, 5) is 13.7. The summed E-state index contributed by atoms with van der Waals surface area (Å²) in [6, 6.07) is 0. The van der Waals surface area contributed by atoms with E-state index in [1.807, 2.05) is 20.8 Å². The van der Waals surface area contributed by atoms with Crippen molar-refractivity contribution < 1.29 is 14.3 Å². The summed E-state index contributed by atoms with van der Waals surface area (Å²) in [5.41, 5.74) is 5.28. The second-order valence-corrected chi connectivity index (χ2v) is 5.06. The Morgan fingerprint density at radius 2 is 2.29 bits per heavy atom. The first-order valence-corrected chi connectivity index (χ1v) is 6.22. The van der Waals surface area contributed by atoms with E-state index in [1.54, 1.807) is 4.90 Å². The van der Waals surface area contributed by atoms with Gasteiger partial charge in [-0.25, -0.2) is 0 Å². The molecule has 2 N–H and O–H groups in total. The van der Waals surface area contributed by atoms with Crippen LogP contribution in [0.1, 0.15) is 27.2 Å². The van der Waals surface area contributed by atoms with Gasteiger partial charge in [-0.3, -0.25) is 4.79 Å². The molecule has 17 heavy (non-hydrogen) atoms. The topological polar surface area (TPSA) is 64.8 Å². The minimum absolute atomic E-state index is 0.0216. The molecule has 0 saturated carbocycles. The van der Waals surface area contributed by atoms with Crippen LogP contribution < -0.4 is 5.73 Å². The lowest BCUT2D eigenvalue weighted by Crippen LogP contribution is -2.57. The van der Waals surface area contributed by atoms with Crippen molar-refractivity contribution in [2.75, 3.05) is 32.8 Å². The molecule has 100 valence electrons. The molecule has 1 amide bonds. The predicted octanol–water partition coefficient (Wildman–Crippen LogP) is 0.378. The Morgan fingerprint density at radius 3 is 2.88 bits per heavy atom. The van der Waals surface area contributed by atoms with Crippen LogP contribution >= 0.6 is 0 Å². The predicted molar refractivity (Wildman–Crippen MR) is 65.7 cm³/mol. The first-order valence-electron chi connectivity index (χ1n) is 6.22. The van der Waals surface area contributed by atoms with Crippen LogP contribution in [0, 0.1) is 0 Å². The molecular weight excluding hydrogens is 220 g/mol. The van der Waals surface area contributed by atoms with Crippen LogP contribution in [0.3, 0.4) is 0 Å². The molecule has 1 atom stereocenters. The fourth-order valence-corrected chi connectivity index (χ4v) is 2.00. The SMILES string of the molecule is CCCOCC(=O)N1CC(CN)OC(C)(C)C1. The highest BCUT2D eigenvalue weighted by Gasteiger charge is 2.34. The van der Waals surface area contributed by atoms with Gasteiger partial charge in [-0.1, -0.05) is 6.92 Å². The van der Waals surface area contributed by atoms with Crippen molar-refractivity contribution in [3.05, 3.63) is 0 Å². The Labute approximate surface area is 103 Å². The number of nitrogens with two attached hydrogens (primary N) is 1. The largest absolute Gasteiger partial charge is 0.372 e. The van der Waals surface area contributed by atoms with E-state index in [9.17, 15) is 4.79 Å². The highest BCUT2D eigenvalue weighted by atomic mass is 16.5. The average molecular weight is 244 g/mol. The van der Waals surface area contributed by atoms with Gasteiger partial charge >= 0.3 is 0 Å². The molecule has 1 heterocycles. The zero-order valence-corrected chi connectivity index (χ0v) is 11.1. The molecule has 0 spiro atoms. The Morgan fingerprint density at radius 1 is 1.59 bits per heavy atom. The number of morpholine rings is 1. The second-order valence-electron chi connectivity index (χ2n) is 5.06. The fourth-order valence-electron chi connectivity index (χ4n) is 2.00. The Bertz CT molecular complexity index is 256. The lowest BCUT2D eigenvalue weighted by atomic mass is 10.1. The van der Waals surface area contributed by atoms with Gasteiger partial charge in [0, 0.05) is 26.2 Å². The van der Waals surface area contributed by atoms with Crippen LogP contribution in [0.4, 0.5) is 0 Å². The Kier molecular flexibility index (Phi) is 5.36. The van der Waals surface area contributed by atoms with Gasteiger partial charge in [0.15, 0.2) is 0 Å². The zero-order valence-electron chi connectivity index (χ0n) is 11.1. The maximum atomic E-state index is 11.9. The second kappa shape index (κ2) is 6.33. The molecule has 0 radical (unpaired) electrons. The van der Waals surface area contributed by atoms with Crippen molar-refractivity contribution in [2.45, 2.75) is 38.9 Å². The van der Waals surface area contributed by atoms with Gasteiger partial charge in [-0.15, -0.1) is 0 Å². The van der Waals surface area contributed by atoms with E-state index in [1.165, 1.54) is 0 Å². The Balaban J connectivity index is 2.48. The molecule has 0 aromatic rings. The summed E-state index contributed by atoms with van der Waals surface area (Å²) in [6.07, 6.45) is 0.849. The summed E-state index contributed by atoms with van der Waals surface area (Å²) in [7, 11) is 0. The summed E-state index contributed by atoms with van der Waals surface area (Å²) >= 11 is 0. The van der Waals surface area contributed by atoms with Crippen LogP contribution in [0.15, 0.2) is 0 Å². The van der Waals surface area contributed by atoms with Gasteiger partial charge in [-0.05, 0) is 20.3 Å². The van der Waals surface area contributed by atoms with Crippen molar-refractivity contribution in [3.63, 3.8) is 0 Å². The van der Waals surface area contributed by atoms with E-state index in [0.29, 0.717) is 26.2 Å². The van der Waals surface area contributed by atoms with E-state index >= 15 is 0 Å². The lowest BCUT2D eigenvalue weighted by molar-refractivity contribution is -0.162. The molecule has 1 fully saturated rings. The number of hydrogen-bond donors (Lipinski definition) is 1. The van der Waals surface area contributed by atoms with Gasteiger partial charge in [-0.2, -0.15) is 0 Å². The molecule has 1 rings (SSSR count). The number of carbonyl (C=O) groups excluding carboxylic acids is 1. The molecule has 1 unspecified atom stereocenters. The molecule has 0 aromatic heterocycles. The standard InChI is InChI=1S/C12H24N2O3/c1-4-5-16-8-11(15)14-7-10(6-13)17-12(2,3)9-14/h10H,4-9,13H2,1-3H3.